The van der Waals surface area contributed by atoms with Crippen LogP contribution in [-0.2, 0) is 0 Å². The molecule has 22 heavy (non-hydrogen) atoms. The van der Waals surface area contributed by atoms with Crippen LogP contribution in [0.3, 0.4) is 0 Å². The second-order valence-corrected chi connectivity index (χ2v) is 6.88. The minimum absolute atomic E-state index is 0.0195. The standard InChI is InChI=1S/C16H18ClNO3S/c1-10-9-22-15(14(10)17)16(20)18-6-2-4-11(18)8-12(19)13-5-3-7-21-13/h3,5,7,9,11-12,19H,2,4,6,8H2,1H3/t11-,12+/m1/s1. The summed E-state index contributed by atoms with van der Waals surface area (Å²) in [7, 11) is 0. The first-order valence-electron chi connectivity index (χ1n) is 7.34. The number of aliphatic hydroxyl groups is 1. The lowest BCUT2D eigenvalue weighted by atomic mass is 10.1. The third kappa shape index (κ3) is 2.93. The van der Waals surface area contributed by atoms with E-state index in [1.807, 2.05) is 17.2 Å². The average Bonchev–Trinajstić information content (AvgIpc) is 3.22. The van der Waals surface area contributed by atoms with Gasteiger partial charge in [0.1, 0.15) is 16.7 Å². The second kappa shape index (κ2) is 6.44. The van der Waals surface area contributed by atoms with E-state index in [1.165, 1.54) is 11.3 Å². The van der Waals surface area contributed by atoms with Crippen LogP contribution in [0.15, 0.2) is 28.2 Å². The highest BCUT2D eigenvalue weighted by atomic mass is 35.5. The summed E-state index contributed by atoms with van der Waals surface area (Å²) in [4.78, 5) is 15.1. The molecule has 118 valence electrons. The number of furan rings is 1. The van der Waals surface area contributed by atoms with Gasteiger partial charge in [0.15, 0.2) is 0 Å². The molecule has 0 aliphatic carbocycles. The molecular weight excluding hydrogens is 322 g/mol. The monoisotopic (exact) mass is 339 g/mol. The molecule has 2 aromatic heterocycles. The predicted octanol–water partition coefficient (Wildman–Crippen LogP) is 4.03. The number of rotatable bonds is 4. The number of thiophene rings is 1. The Morgan fingerprint density at radius 2 is 2.45 bits per heavy atom. The highest BCUT2D eigenvalue weighted by Crippen LogP contribution is 2.33. The SMILES string of the molecule is Cc1csc(C(=O)N2CCC[C@@H]2C[C@H](O)c2ccco2)c1Cl. The van der Waals surface area contributed by atoms with Gasteiger partial charge in [0.05, 0.1) is 11.3 Å². The summed E-state index contributed by atoms with van der Waals surface area (Å²) >= 11 is 7.60. The Labute approximate surface area is 138 Å². The number of likely N-dealkylation sites (tertiary alicyclic amines) is 1. The van der Waals surface area contributed by atoms with Crippen molar-refractivity contribution in [1.82, 2.24) is 4.90 Å². The zero-order valence-corrected chi connectivity index (χ0v) is 13.9. The van der Waals surface area contributed by atoms with Gasteiger partial charge in [-0.3, -0.25) is 4.79 Å². The smallest absolute Gasteiger partial charge is 0.265 e. The molecule has 2 aromatic rings. The van der Waals surface area contributed by atoms with E-state index in [2.05, 4.69) is 0 Å². The Bertz CT molecular complexity index is 652. The molecule has 3 rings (SSSR count). The third-order valence-electron chi connectivity index (χ3n) is 4.10. The number of hydrogen-bond donors (Lipinski definition) is 1. The van der Waals surface area contributed by atoms with Crippen molar-refractivity contribution in [2.45, 2.75) is 38.3 Å². The summed E-state index contributed by atoms with van der Waals surface area (Å²) in [5, 5.41) is 12.7. The van der Waals surface area contributed by atoms with Crippen molar-refractivity contribution in [3.63, 3.8) is 0 Å². The first kappa shape index (κ1) is 15.6. The van der Waals surface area contributed by atoms with Gasteiger partial charge in [-0.25, -0.2) is 0 Å². The molecule has 0 saturated carbocycles. The van der Waals surface area contributed by atoms with Crippen molar-refractivity contribution in [3.8, 4) is 0 Å². The number of carbonyl (C=O) groups excluding carboxylic acids is 1. The molecule has 0 radical (unpaired) electrons. The number of aliphatic hydroxyl groups excluding tert-OH is 1. The van der Waals surface area contributed by atoms with Crippen LogP contribution in [0.2, 0.25) is 5.02 Å². The molecule has 0 spiro atoms. The first-order chi connectivity index (χ1) is 10.6. The van der Waals surface area contributed by atoms with Crippen LogP contribution in [0, 0.1) is 6.92 Å². The van der Waals surface area contributed by atoms with E-state index in [1.54, 1.807) is 18.4 Å². The highest BCUT2D eigenvalue weighted by molar-refractivity contribution is 7.13. The van der Waals surface area contributed by atoms with Gasteiger partial charge >= 0.3 is 0 Å². The maximum Gasteiger partial charge on any atom is 0.265 e. The molecule has 4 nitrogen and oxygen atoms in total. The number of nitrogens with zero attached hydrogens (tertiary/aromatic N) is 1. The van der Waals surface area contributed by atoms with Crippen molar-refractivity contribution in [3.05, 3.63) is 45.0 Å². The van der Waals surface area contributed by atoms with Crippen molar-refractivity contribution in [2.24, 2.45) is 0 Å². The van der Waals surface area contributed by atoms with E-state index >= 15 is 0 Å². The van der Waals surface area contributed by atoms with Crippen LogP contribution in [-0.4, -0.2) is 28.5 Å². The van der Waals surface area contributed by atoms with Crippen LogP contribution in [0.4, 0.5) is 0 Å². The lowest BCUT2D eigenvalue weighted by molar-refractivity contribution is 0.0646. The van der Waals surface area contributed by atoms with Gasteiger partial charge in [0.25, 0.3) is 5.91 Å². The van der Waals surface area contributed by atoms with E-state index in [4.69, 9.17) is 16.0 Å². The minimum atomic E-state index is -0.686. The average molecular weight is 340 g/mol. The fourth-order valence-corrected chi connectivity index (χ4v) is 4.14. The molecule has 1 saturated heterocycles. The Morgan fingerprint density at radius 3 is 3.09 bits per heavy atom. The van der Waals surface area contributed by atoms with Gasteiger partial charge in [-0.15, -0.1) is 11.3 Å². The van der Waals surface area contributed by atoms with Crippen molar-refractivity contribution < 1.29 is 14.3 Å². The maximum absolute atomic E-state index is 12.7. The van der Waals surface area contributed by atoms with Crippen molar-refractivity contribution in [1.29, 1.82) is 0 Å². The van der Waals surface area contributed by atoms with Gasteiger partial charge in [-0.1, -0.05) is 11.6 Å². The molecule has 2 atom stereocenters. The number of hydrogen-bond acceptors (Lipinski definition) is 4. The van der Waals surface area contributed by atoms with E-state index < -0.39 is 6.10 Å². The van der Waals surface area contributed by atoms with Crippen LogP contribution < -0.4 is 0 Å². The van der Waals surface area contributed by atoms with Crippen molar-refractivity contribution in [2.75, 3.05) is 6.54 Å². The molecule has 3 heterocycles. The van der Waals surface area contributed by atoms with Crippen LogP contribution >= 0.6 is 22.9 Å². The fraction of sp³-hybridized carbons (Fsp3) is 0.438. The van der Waals surface area contributed by atoms with Gasteiger partial charge in [-0.05, 0) is 42.8 Å². The molecule has 6 heteroatoms. The molecule has 0 unspecified atom stereocenters. The molecule has 1 fully saturated rings. The van der Waals surface area contributed by atoms with E-state index in [0.29, 0.717) is 28.6 Å². The molecule has 1 amide bonds. The summed E-state index contributed by atoms with van der Waals surface area (Å²) < 4.78 is 5.24. The van der Waals surface area contributed by atoms with E-state index in [-0.39, 0.29) is 11.9 Å². The summed E-state index contributed by atoms with van der Waals surface area (Å²) in [6, 6.07) is 3.53. The zero-order valence-electron chi connectivity index (χ0n) is 12.3. The third-order valence-corrected chi connectivity index (χ3v) is 5.78. The first-order valence-corrected chi connectivity index (χ1v) is 8.59. The molecular formula is C16H18ClNO3S. The second-order valence-electron chi connectivity index (χ2n) is 5.62. The zero-order chi connectivity index (χ0) is 15.7. The topological polar surface area (TPSA) is 53.7 Å². The Morgan fingerprint density at radius 1 is 1.64 bits per heavy atom. The van der Waals surface area contributed by atoms with Crippen LogP contribution in [0.1, 0.15) is 46.4 Å². The lowest BCUT2D eigenvalue weighted by Gasteiger charge is -2.25. The normalized spacial score (nSPS) is 19.6. The summed E-state index contributed by atoms with van der Waals surface area (Å²) in [6.07, 6.45) is 3.19. The van der Waals surface area contributed by atoms with Gasteiger partial charge in [0, 0.05) is 19.0 Å². The number of halogens is 1. The quantitative estimate of drug-likeness (QED) is 0.914. The minimum Gasteiger partial charge on any atom is -0.467 e. The van der Waals surface area contributed by atoms with E-state index in [9.17, 15) is 9.90 Å². The summed E-state index contributed by atoms with van der Waals surface area (Å²) in [5.74, 6) is 0.515. The summed E-state index contributed by atoms with van der Waals surface area (Å²) in [5.41, 5.74) is 0.932. The Kier molecular flexibility index (Phi) is 4.57. The molecule has 1 aliphatic rings. The fourth-order valence-electron chi connectivity index (χ4n) is 2.91. The maximum atomic E-state index is 12.7. The van der Waals surface area contributed by atoms with Gasteiger partial charge < -0.3 is 14.4 Å². The lowest BCUT2D eigenvalue weighted by Crippen LogP contribution is -2.36. The van der Waals surface area contributed by atoms with Crippen molar-refractivity contribution >= 4 is 28.8 Å². The van der Waals surface area contributed by atoms with Crippen LogP contribution in [0.5, 0.6) is 0 Å². The summed E-state index contributed by atoms with van der Waals surface area (Å²) in [6.45, 7) is 2.61. The molecule has 1 aliphatic heterocycles. The van der Waals surface area contributed by atoms with Crippen LogP contribution in [0.25, 0.3) is 0 Å². The number of aryl methyl sites for hydroxylation is 1. The molecule has 1 N–H and O–H groups in total. The Hall–Kier alpha value is -1.30. The molecule has 0 aromatic carbocycles. The largest absolute Gasteiger partial charge is 0.467 e. The Balaban J connectivity index is 1.73. The highest BCUT2D eigenvalue weighted by Gasteiger charge is 2.33. The van der Waals surface area contributed by atoms with Gasteiger partial charge in [-0.2, -0.15) is 0 Å². The predicted molar refractivity (Wildman–Crippen MR) is 86.4 cm³/mol. The van der Waals surface area contributed by atoms with E-state index in [0.717, 1.165) is 18.4 Å². The number of carbonyl (C=O) groups is 1. The van der Waals surface area contributed by atoms with Gasteiger partial charge in [0.2, 0.25) is 0 Å². The number of amides is 1. The molecule has 0 bridgehead atoms.